The number of aryl methyl sites for hydroxylation is 1. The molecule has 1 aliphatic heterocycles. The summed E-state index contributed by atoms with van der Waals surface area (Å²) in [6.45, 7) is 2.01. The van der Waals surface area contributed by atoms with Crippen molar-refractivity contribution in [2.45, 2.75) is 19.3 Å². The fourth-order valence-corrected chi connectivity index (χ4v) is 4.03. The molecule has 2 amide bonds. The molecule has 5 nitrogen and oxygen atoms in total. The van der Waals surface area contributed by atoms with Crippen LogP contribution in [-0.2, 0) is 9.63 Å². The summed E-state index contributed by atoms with van der Waals surface area (Å²) in [5.41, 5.74) is 1.70. The molecule has 0 saturated heterocycles. The molecule has 1 aliphatic carbocycles. The average Bonchev–Trinajstić information content (AvgIpc) is 3.18. The fraction of sp³-hybridized carbons (Fsp3) is 0.235. The zero-order valence-electron chi connectivity index (χ0n) is 12.3. The molecule has 1 aromatic carbocycles. The first kappa shape index (κ1) is 14.1. The van der Waals surface area contributed by atoms with Gasteiger partial charge in [-0.25, -0.2) is 4.79 Å². The number of nitrogens with zero attached hydrogens (tertiary/aromatic N) is 1. The van der Waals surface area contributed by atoms with Crippen molar-refractivity contribution in [2.75, 3.05) is 0 Å². The number of carbonyl (C=O) groups is 3. The molecule has 4 rings (SSSR count). The molecule has 0 N–H and O–H groups in total. The van der Waals surface area contributed by atoms with Gasteiger partial charge < -0.3 is 4.84 Å². The minimum atomic E-state index is -0.580. The standard InChI is InChI=1S/C17H13NO4S/c1-9-6-7-23-14(9)12-8-13(12)17(21)22-18-15(19)10-4-2-3-5-11(10)16(18)20/h2-7,12-13H,8H2,1H3/t12-,13-/m1/s1. The molecule has 0 bridgehead atoms. The second kappa shape index (κ2) is 5.03. The van der Waals surface area contributed by atoms with Crippen molar-refractivity contribution in [1.82, 2.24) is 5.06 Å². The first-order chi connectivity index (χ1) is 11.1. The number of hydrogen-bond donors (Lipinski definition) is 0. The Hall–Kier alpha value is -2.47. The quantitative estimate of drug-likeness (QED) is 0.813. The first-order valence-electron chi connectivity index (χ1n) is 7.31. The van der Waals surface area contributed by atoms with Gasteiger partial charge in [0.05, 0.1) is 17.0 Å². The van der Waals surface area contributed by atoms with Crippen molar-refractivity contribution >= 4 is 29.1 Å². The molecule has 2 aromatic rings. The third-order valence-electron chi connectivity index (χ3n) is 4.27. The van der Waals surface area contributed by atoms with E-state index in [1.165, 1.54) is 4.88 Å². The number of benzene rings is 1. The highest BCUT2D eigenvalue weighted by Crippen LogP contribution is 2.51. The summed E-state index contributed by atoms with van der Waals surface area (Å²) in [6.07, 6.45) is 0.698. The van der Waals surface area contributed by atoms with Gasteiger partial charge in [-0.05, 0) is 42.5 Å². The van der Waals surface area contributed by atoms with E-state index in [-0.39, 0.29) is 23.0 Å². The van der Waals surface area contributed by atoms with Crippen LogP contribution in [0.3, 0.4) is 0 Å². The number of hydrogen-bond acceptors (Lipinski definition) is 5. The molecule has 0 unspecified atom stereocenters. The van der Waals surface area contributed by atoms with Crippen molar-refractivity contribution < 1.29 is 19.2 Å². The van der Waals surface area contributed by atoms with Gasteiger partial charge in [0.2, 0.25) is 0 Å². The topological polar surface area (TPSA) is 63.7 Å². The normalized spacial score (nSPS) is 22.2. The molecule has 2 aliphatic rings. The van der Waals surface area contributed by atoms with E-state index in [9.17, 15) is 14.4 Å². The lowest BCUT2D eigenvalue weighted by molar-refractivity contribution is -0.170. The van der Waals surface area contributed by atoms with Crippen LogP contribution in [0.2, 0.25) is 0 Å². The third-order valence-corrected chi connectivity index (χ3v) is 5.42. The lowest BCUT2D eigenvalue weighted by Crippen LogP contribution is -2.33. The van der Waals surface area contributed by atoms with Gasteiger partial charge in [-0.1, -0.05) is 17.2 Å². The number of carbonyl (C=O) groups excluding carboxylic acids is 3. The maximum absolute atomic E-state index is 12.3. The van der Waals surface area contributed by atoms with E-state index in [1.807, 2.05) is 18.4 Å². The summed E-state index contributed by atoms with van der Waals surface area (Å²) in [4.78, 5) is 42.9. The van der Waals surface area contributed by atoms with E-state index in [4.69, 9.17) is 4.84 Å². The van der Waals surface area contributed by atoms with Crippen molar-refractivity contribution in [1.29, 1.82) is 0 Å². The Morgan fingerprint density at radius 1 is 1.17 bits per heavy atom. The Morgan fingerprint density at radius 2 is 1.83 bits per heavy atom. The molecule has 0 radical (unpaired) electrons. The number of amides is 2. The highest BCUT2D eigenvalue weighted by Gasteiger charge is 2.49. The zero-order chi connectivity index (χ0) is 16.1. The maximum Gasteiger partial charge on any atom is 0.336 e. The number of hydroxylamine groups is 2. The largest absolute Gasteiger partial charge is 0.336 e. The number of rotatable bonds is 3. The fourth-order valence-electron chi connectivity index (χ4n) is 2.92. The molecule has 23 heavy (non-hydrogen) atoms. The van der Waals surface area contributed by atoms with Crippen LogP contribution in [0.25, 0.3) is 0 Å². The smallest absolute Gasteiger partial charge is 0.329 e. The first-order valence-corrected chi connectivity index (χ1v) is 8.19. The maximum atomic E-state index is 12.3. The van der Waals surface area contributed by atoms with Crippen molar-refractivity contribution in [2.24, 2.45) is 5.92 Å². The molecule has 1 aromatic heterocycles. The molecular formula is C17H13NO4S. The van der Waals surface area contributed by atoms with Gasteiger partial charge in [-0.3, -0.25) is 9.59 Å². The molecule has 0 spiro atoms. The van der Waals surface area contributed by atoms with Gasteiger partial charge in [0.15, 0.2) is 0 Å². The van der Waals surface area contributed by atoms with E-state index < -0.39 is 17.8 Å². The zero-order valence-corrected chi connectivity index (χ0v) is 13.1. The Kier molecular flexibility index (Phi) is 3.09. The van der Waals surface area contributed by atoms with Crippen LogP contribution in [0.4, 0.5) is 0 Å². The Balaban J connectivity index is 1.48. The lowest BCUT2D eigenvalue weighted by Gasteiger charge is -2.12. The predicted octanol–water partition coefficient (Wildman–Crippen LogP) is 2.91. The molecule has 6 heteroatoms. The highest BCUT2D eigenvalue weighted by molar-refractivity contribution is 7.10. The van der Waals surface area contributed by atoms with Crippen molar-refractivity contribution in [3.05, 3.63) is 57.3 Å². The third kappa shape index (κ3) is 2.17. The van der Waals surface area contributed by atoms with Gasteiger partial charge in [0, 0.05) is 10.8 Å². The van der Waals surface area contributed by atoms with E-state index in [1.54, 1.807) is 35.6 Å². The number of thiophene rings is 1. The monoisotopic (exact) mass is 327 g/mol. The van der Waals surface area contributed by atoms with Crippen molar-refractivity contribution in [3.8, 4) is 0 Å². The van der Waals surface area contributed by atoms with Gasteiger partial charge in [0.1, 0.15) is 0 Å². The van der Waals surface area contributed by atoms with Crippen LogP contribution < -0.4 is 0 Å². The summed E-state index contributed by atoms with van der Waals surface area (Å²) in [5.74, 6) is -1.82. The van der Waals surface area contributed by atoms with Gasteiger partial charge in [0.25, 0.3) is 11.8 Å². The minimum Gasteiger partial charge on any atom is -0.329 e. The van der Waals surface area contributed by atoms with Crippen LogP contribution in [0.1, 0.15) is 43.5 Å². The molecular weight excluding hydrogens is 314 g/mol. The predicted molar refractivity (Wildman–Crippen MR) is 82.9 cm³/mol. The molecule has 116 valence electrons. The van der Waals surface area contributed by atoms with Crippen LogP contribution in [0, 0.1) is 12.8 Å². The Labute approximate surface area is 136 Å². The summed E-state index contributed by atoms with van der Waals surface area (Å²) in [6, 6.07) is 8.47. The summed E-state index contributed by atoms with van der Waals surface area (Å²) in [7, 11) is 0. The second-order valence-corrected chi connectivity index (χ2v) is 6.72. The van der Waals surface area contributed by atoms with Crippen LogP contribution >= 0.6 is 11.3 Å². The minimum absolute atomic E-state index is 0.137. The van der Waals surface area contributed by atoms with E-state index in [0.29, 0.717) is 11.5 Å². The summed E-state index contributed by atoms with van der Waals surface area (Å²) >= 11 is 1.62. The van der Waals surface area contributed by atoms with Gasteiger partial charge in [-0.15, -0.1) is 11.3 Å². The highest BCUT2D eigenvalue weighted by atomic mass is 32.1. The number of fused-ring (bicyclic) bond motifs is 1. The lowest BCUT2D eigenvalue weighted by atomic mass is 10.1. The number of imide groups is 1. The van der Waals surface area contributed by atoms with Crippen LogP contribution in [-0.4, -0.2) is 22.8 Å². The van der Waals surface area contributed by atoms with Crippen LogP contribution in [0.5, 0.6) is 0 Å². The molecule has 1 fully saturated rings. The van der Waals surface area contributed by atoms with E-state index in [2.05, 4.69) is 0 Å². The molecule has 2 atom stereocenters. The van der Waals surface area contributed by atoms with Gasteiger partial charge in [-0.2, -0.15) is 0 Å². The van der Waals surface area contributed by atoms with E-state index >= 15 is 0 Å². The SMILES string of the molecule is Cc1ccsc1[C@@H]1C[C@H]1C(=O)ON1C(=O)c2ccccc2C1=O. The second-order valence-electron chi connectivity index (χ2n) is 5.78. The van der Waals surface area contributed by atoms with Crippen LogP contribution in [0.15, 0.2) is 35.7 Å². The summed E-state index contributed by atoms with van der Waals surface area (Å²) in [5, 5.41) is 2.58. The average molecular weight is 327 g/mol. The molecule has 1 saturated carbocycles. The van der Waals surface area contributed by atoms with E-state index in [0.717, 1.165) is 5.56 Å². The Morgan fingerprint density at radius 3 is 2.39 bits per heavy atom. The van der Waals surface area contributed by atoms with Gasteiger partial charge >= 0.3 is 5.97 Å². The molecule has 2 heterocycles. The summed E-state index contributed by atoms with van der Waals surface area (Å²) < 4.78 is 0. The Bertz CT molecular complexity index is 806. The van der Waals surface area contributed by atoms with Crippen molar-refractivity contribution in [3.63, 3.8) is 0 Å².